The van der Waals surface area contributed by atoms with Crippen molar-refractivity contribution in [2.45, 2.75) is 39.7 Å². The lowest BCUT2D eigenvalue weighted by atomic mass is 9.93. The molecule has 3 N–H and O–H groups in total. The van der Waals surface area contributed by atoms with Crippen molar-refractivity contribution < 1.29 is 19.1 Å². The van der Waals surface area contributed by atoms with Gasteiger partial charge in [-0.15, -0.1) is 0 Å². The Morgan fingerprint density at radius 3 is 2.35 bits per heavy atom. The Kier molecular flexibility index (Phi) is 7.03. The molecule has 0 unspecified atom stereocenters. The van der Waals surface area contributed by atoms with E-state index in [1.807, 2.05) is 6.92 Å². The topological polar surface area (TPSA) is 90.7 Å². The predicted octanol–water partition coefficient (Wildman–Crippen LogP) is 2.33. The van der Waals surface area contributed by atoms with Crippen LogP contribution in [-0.2, 0) is 14.3 Å². The largest absolute Gasteiger partial charge is 0.484 e. The Balaban J connectivity index is 2.72. The minimum absolute atomic E-state index is 0.178. The van der Waals surface area contributed by atoms with Crippen molar-refractivity contribution in [3.63, 3.8) is 0 Å². The lowest BCUT2D eigenvalue weighted by molar-refractivity contribution is -0.140. The molecule has 0 bridgehead atoms. The van der Waals surface area contributed by atoms with Crippen LogP contribution >= 0.6 is 0 Å². The van der Waals surface area contributed by atoms with Crippen molar-refractivity contribution >= 4 is 17.5 Å². The second kappa shape index (κ2) is 8.53. The average molecular weight is 322 g/mol. The average Bonchev–Trinajstić information content (AvgIpc) is 2.45. The number of carbonyl (C=O) groups excluding carboxylic acids is 2. The van der Waals surface area contributed by atoms with Gasteiger partial charge in [-0.1, -0.05) is 13.8 Å². The zero-order valence-electron chi connectivity index (χ0n) is 14.2. The number of hydrogen-bond donors (Lipinski definition) is 2. The molecule has 1 atom stereocenters. The molecule has 1 aromatic rings. The van der Waals surface area contributed by atoms with Gasteiger partial charge in [0.1, 0.15) is 11.4 Å². The molecule has 0 aliphatic carbocycles. The van der Waals surface area contributed by atoms with E-state index in [0.29, 0.717) is 30.4 Å². The van der Waals surface area contributed by atoms with Crippen LogP contribution in [0.1, 0.15) is 34.1 Å². The number of ether oxygens (including phenoxy) is 2. The van der Waals surface area contributed by atoms with Crippen molar-refractivity contribution in [2.75, 3.05) is 18.5 Å². The van der Waals surface area contributed by atoms with Gasteiger partial charge in [-0.2, -0.15) is 0 Å². The number of hydrogen-bond acceptors (Lipinski definition) is 4. The van der Waals surface area contributed by atoms with Crippen LogP contribution in [0.2, 0.25) is 0 Å². The third-order valence-corrected chi connectivity index (χ3v) is 3.23. The molecule has 0 radical (unpaired) electrons. The van der Waals surface area contributed by atoms with Crippen LogP contribution in [0.15, 0.2) is 24.3 Å². The van der Waals surface area contributed by atoms with Gasteiger partial charge in [0, 0.05) is 12.3 Å². The van der Waals surface area contributed by atoms with E-state index in [9.17, 15) is 9.59 Å². The fourth-order valence-electron chi connectivity index (χ4n) is 2.37. The van der Waals surface area contributed by atoms with Crippen molar-refractivity contribution in [2.24, 2.45) is 11.7 Å². The first-order valence-corrected chi connectivity index (χ1v) is 7.73. The number of primary amides is 1. The molecular weight excluding hydrogens is 296 g/mol. The first kappa shape index (κ1) is 19.0. The summed E-state index contributed by atoms with van der Waals surface area (Å²) in [4.78, 5) is 23.2. The Morgan fingerprint density at radius 1 is 1.26 bits per heavy atom. The molecule has 0 fully saturated rings. The molecule has 0 aliphatic rings. The first-order chi connectivity index (χ1) is 10.8. The molecule has 0 spiro atoms. The van der Waals surface area contributed by atoms with Gasteiger partial charge in [0.05, 0.1) is 0 Å². The van der Waals surface area contributed by atoms with Crippen LogP contribution < -0.4 is 15.8 Å². The van der Waals surface area contributed by atoms with Gasteiger partial charge in [-0.3, -0.25) is 9.59 Å². The number of nitrogens with two attached hydrogens (primary N) is 1. The molecule has 6 heteroatoms. The van der Waals surface area contributed by atoms with Crippen LogP contribution in [0.4, 0.5) is 5.69 Å². The van der Waals surface area contributed by atoms with E-state index in [0.717, 1.165) is 0 Å². The second-order valence-electron chi connectivity index (χ2n) is 6.00. The van der Waals surface area contributed by atoms with Gasteiger partial charge in [-0.25, -0.2) is 0 Å². The molecule has 0 heterocycles. The third-order valence-electron chi connectivity index (χ3n) is 3.23. The van der Waals surface area contributed by atoms with Crippen molar-refractivity contribution in [1.82, 2.24) is 0 Å². The Labute approximate surface area is 137 Å². The minimum Gasteiger partial charge on any atom is -0.484 e. The smallest absolute Gasteiger partial charge is 0.256 e. The lowest BCUT2D eigenvalue weighted by Crippen LogP contribution is -2.43. The first-order valence-electron chi connectivity index (χ1n) is 7.73. The van der Waals surface area contributed by atoms with E-state index in [1.165, 1.54) is 0 Å². The fraction of sp³-hybridized carbons (Fsp3) is 0.529. The summed E-state index contributed by atoms with van der Waals surface area (Å²) in [5.41, 5.74) is 4.78. The van der Waals surface area contributed by atoms with Crippen molar-refractivity contribution in [3.05, 3.63) is 24.3 Å². The maximum atomic E-state index is 12.5. The van der Waals surface area contributed by atoms with Gasteiger partial charge in [0.25, 0.3) is 11.8 Å². The molecule has 6 nitrogen and oxygen atoms in total. The van der Waals surface area contributed by atoms with Crippen LogP contribution in [0.25, 0.3) is 0 Å². The highest BCUT2D eigenvalue weighted by molar-refractivity contribution is 5.97. The number of carbonyl (C=O) groups is 2. The minimum atomic E-state index is -0.871. The molecule has 1 aromatic carbocycles. The second-order valence-corrected chi connectivity index (χ2v) is 6.00. The van der Waals surface area contributed by atoms with E-state index in [1.54, 1.807) is 31.2 Å². The highest BCUT2D eigenvalue weighted by Crippen LogP contribution is 2.24. The summed E-state index contributed by atoms with van der Waals surface area (Å²) in [5, 5.41) is 2.85. The van der Waals surface area contributed by atoms with Crippen LogP contribution in [-0.4, -0.2) is 30.6 Å². The van der Waals surface area contributed by atoms with Gasteiger partial charge in [0.15, 0.2) is 6.61 Å². The van der Waals surface area contributed by atoms with Crippen molar-refractivity contribution in [3.8, 4) is 5.75 Å². The van der Waals surface area contributed by atoms with Crippen LogP contribution in [0, 0.1) is 5.92 Å². The quantitative estimate of drug-likeness (QED) is 0.730. The number of rotatable bonds is 9. The third kappa shape index (κ3) is 6.28. The van der Waals surface area contributed by atoms with E-state index in [4.69, 9.17) is 15.2 Å². The maximum Gasteiger partial charge on any atom is 0.256 e. The maximum absolute atomic E-state index is 12.5. The molecule has 1 rings (SSSR count). The van der Waals surface area contributed by atoms with Crippen LogP contribution in [0.5, 0.6) is 5.75 Å². The molecule has 2 amide bonds. The molecule has 0 saturated heterocycles. The lowest BCUT2D eigenvalue weighted by Gasteiger charge is -2.29. The van der Waals surface area contributed by atoms with E-state index < -0.39 is 11.5 Å². The highest BCUT2D eigenvalue weighted by atomic mass is 16.5. The van der Waals surface area contributed by atoms with Crippen LogP contribution in [0.3, 0.4) is 0 Å². The fourth-order valence-corrected chi connectivity index (χ4v) is 2.37. The summed E-state index contributed by atoms with van der Waals surface area (Å²) >= 11 is 0. The molecule has 23 heavy (non-hydrogen) atoms. The van der Waals surface area contributed by atoms with E-state index in [-0.39, 0.29) is 12.5 Å². The number of benzene rings is 1. The van der Waals surface area contributed by atoms with Crippen molar-refractivity contribution in [1.29, 1.82) is 0 Å². The van der Waals surface area contributed by atoms with Gasteiger partial charge >= 0.3 is 0 Å². The Bertz CT molecular complexity index is 528. The summed E-state index contributed by atoms with van der Waals surface area (Å²) in [7, 11) is 0. The summed E-state index contributed by atoms with van der Waals surface area (Å²) in [6.45, 7) is 8.07. The summed E-state index contributed by atoms with van der Waals surface area (Å²) < 4.78 is 10.8. The molecule has 0 aliphatic heterocycles. The summed E-state index contributed by atoms with van der Waals surface area (Å²) in [5.74, 6) is 0.126. The molecule has 0 saturated carbocycles. The Hall–Kier alpha value is -2.08. The Morgan fingerprint density at radius 2 is 1.87 bits per heavy atom. The molecule has 0 aromatic heterocycles. The van der Waals surface area contributed by atoms with E-state index in [2.05, 4.69) is 19.2 Å². The monoisotopic (exact) mass is 322 g/mol. The molecule has 128 valence electrons. The standard InChI is InChI=1S/C17H26N2O4/c1-5-23-17(4,10-12(2)3)16(21)19-13-6-8-14(9-7-13)22-11-15(18)20/h6-9,12H,5,10-11H2,1-4H3,(H2,18,20)(H,19,21)/t17-/m1/s1. The van der Waals surface area contributed by atoms with Gasteiger partial charge in [-0.05, 0) is 50.5 Å². The zero-order valence-corrected chi connectivity index (χ0v) is 14.2. The van der Waals surface area contributed by atoms with Gasteiger partial charge < -0.3 is 20.5 Å². The van der Waals surface area contributed by atoms with Gasteiger partial charge in [0.2, 0.25) is 0 Å². The zero-order chi connectivity index (χ0) is 17.5. The predicted molar refractivity (Wildman–Crippen MR) is 89.2 cm³/mol. The SMILES string of the molecule is CCO[C@](C)(CC(C)C)C(=O)Nc1ccc(OCC(N)=O)cc1. The normalized spacial score (nSPS) is 13.4. The highest BCUT2D eigenvalue weighted by Gasteiger charge is 2.34. The number of anilines is 1. The summed E-state index contributed by atoms with van der Waals surface area (Å²) in [6, 6.07) is 6.74. The molecular formula is C17H26N2O4. The van der Waals surface area contributed by atoms with E-state index >= 15 is 0 Å². The number of nitrogens with one attached hydrogen (secondary N) is 1. The number of amides is 2. The summed E-state index contributed by atoms with van der Waals surface area (Å²) in [6.07, 6.45) is 0.631.